The van der Waals surface area contributed by atoms with Crippen molar-refractivity contribution in [3.05, 3.63) is 0 Å². The van der Waals surface area contributed by atoms with Gasteiger partial charge >= 0.3 is 0 Å². The Kier molecular flexibility index (Phi) is 6.93. The Morgan fingerprint density at radius 2 is 1.50 bits per heavy atom. The molecule has 0 atom stereocenters. The quantitative estimate of drug-likeness (QED) is 0.556. The molecule has 0 aliphatic rings. The molecule has 10 heavy (non-hydrogen) atoms. The molecule has 0 saturated carbocycles. The normalized spacial score (nSPS) is 10.8. The van der Waals surface area contributed by atoms with Crippen LogP contribution < -0.4 is 0 Å². The Bertz CT molecular complexity index is 52.0. The molecule has 0 aromatic rings. The zero-order chi connectivity index (χ0) is 7.82. The predicted octanol–water partition coefficient (Wildman–Crippen LogP) is 2.08. The van der Waals surface area contributed by atoms with Crippen molar-refractivity contribution in [3.63, 3.8) is 0 Å². The minimum Gasteiger partial charge on any atom is -0.301 e. The molecule has 0 saturated heterocycles. The van der Waals surface area contributed by atoms with Crippen LogP contribution in [0.25, 0.3) is 0 Å². The van der Waals surface area contributed by atoms with Crippen LogP contribution in [-0.4, -0.2) is 31.2 Å². The van der Waals surface area contributed by atoms with Gasteiger partial charge in [-0.3, -0.25) is 0 Å². The molecule has 2 heteroatoms. The topological polar surface area (TPSA) is 3.24 Å². The highest BCUT2D eigenvalue weighted by molar-refractivity contribution is 4.53. The lowest BCUT2D eigenvalue weighted by Crippen LogP contribution is -2.27. The summed E-state index contributed by atoms with van der Waals surface area (Å²) in [4.78, 5) is 2.17. The van der Waals surface area contributed by atoms with E-state index in [0.29, 0.717) is 6.54 Å². The molecule has 0 heterocycles. The molecule has 0 aromatic heterocycles. The van der Waals surface area contributed by atoms with E-state index >= 15 is 0 Å². The molecule has 0 radical (unpaired) electrons. The molecular weight excluding hydrogens is 129 g/mol. The fourth-order valence-corrected chi connectivity index (χ4v) is 1.09. The van der Waals surface area contributed by atoms with Crippen LogP contribution in [0.15, 0.2) is 0 Å². The molecule has 1 nitrogen and oxygen atoms in total. The Hall–Kier alpha value is -0.110. The first kappa shape index (κ1) is 9.89. The highest BCUT2D eigenvalue weighted by atomic mass is 19.1. The third-order valence-corrected chi connectivity index (χ3v) is 1.48. The van der Waals surface area contributed by atoms with Crippen LogP contribution in [0, 0.1) is 0 Å². The fourth-order valence-electron chi connectivity index (χ4n) is 1.09. The van der Waals surface area contributed by atoms with E-state index in [0.717, 1.165) is 25.9 Å². The van der Waals surface area contributed by atoms with Gasteiger partial charge in [0.2, 0.25) is 0 Å². The number of nitrogens with zero attached hydrogens (tertiary/aromatic N) is 1. The second-order valence-corrected chi connectivity index (χ2v) is 2.53. The van der Waals surface area contributed by atoms with Crippen LogP contribution in [0.2, 0.25) is 0 Å². The van der Waals surface area contributed by atoms with Crippen molar-refractivity contribution >= 4 is 0 Å². The maximum atomic E-state index is 11.8. The summed E-state index contributed by atoms with van der Waals surface area (Å²) in [7, 11) is 0. The van der Waals surface area contributed by atoms with E-state index in [2.05, 4.69) is 18.7 Å². The van der Waals surface area contributed by atoms with Gasteiger partial charge in [-0.2, -0.15) is 0 Å². The average molecular weight is 147 g/mol. The van der Waals surface area contributed by atoms with Gasteiger partial charge in [-0.05, 0) is 25.9 Å². The van der Waals surface area contributed by atoms with Crippen molar-refractivity contribution in [1.82, 2.24) is 4.90 Å². The van der Waals surface area contributed by atoms with Gasteiger partial charge in [0.25, 0.3) is 0 Å². The molecular formula is C8H18FN. The van der Waals surface area contributed by atoms with Crippen LogP contribution in [0.5, 0.6) is 0 Å². The fraction of sp³-hybridized carbons (Fsp3) is 1.00. The van der Waals surface area contributed by atoms with Crippen LogP contribution in [0.1, 0.15) is 26.7 Å². The van der Waals surface area contributed by atoms with E-state index in [-0.39, 0.29) is 6.67 Å². The molecule has 0 spiro atoms. The van der Waals surface area contributed by atoms with Crippen molar-refractivity contribution < 1.29 is 4.39 Å². The van der Waals surface area contributed by atoms with Crippen molar-refractivity contribution in [2.24, 2.45) is 0 Å². The van der Waals surface area contributed by atoms with Crippen LogP contribution in [0.3, 0.4) is 0 Å². The minimum absolute atomic E-state index is 0.208. The summed E-state index contributed by atoms with van der Waals surface area (Å²) in [6, 6.07) is 0. The van der Waals surface area contributed by atoms with Gasteiger partial charge < -0.3 is 4.90 Å². The van der Waals surface area contributed by atoms with Gasteiger partial charge in [0.05, 0.1) is 0 Å². The van der Waals surface area contributed by atoms with E-state index in [4.69, 9.17) is 0 Å². The van der Waals surface area contributed by atoms with Crippen LogP contribution in [-0.2, 0) is 0 Å². The molecule has 0 rings (SSSR count). The van der Waals surface area contributed by atoms with E-state index in [1.165, 1.54) is 0 Å². The summed E-state index contributed by atoms with van der Waals surface area (Å²) >= 11 is 0. The molecule has 0 unspecified atom stereocenters. The monoisotopic (exact) mass is 147 g/mol. The molecule has 0 fully saturated rings. The number of hydrogen-bond donors (Lipinski definition) is 0. The molecule has 0 aromatic carbocycles. The average Bonchev–Trinajstić information content (AvgIpc) is 1.90. The number of rotatable bonds is 6. The van der Waals surface area contributed by atoms with E-state index in [9.17, 15) is 4.39 Å². The summed E-state index contributed by atoms with van der Waals surface area (Å²) < 4.78 is 11.8. The van der Waals surface area contributed by atoms with Gasteiger partial charge in [0.15, 0.2) is 0 Å². The Morgan fingerprint density at radius 1 is 1.00 bits per heavy atom. The van der Waals surface area contributed by atoms with Crippen LogP contribution in [0.4, 0.5) is 4.39 Å². The molecule has 0 amide bonds. The van der Waals surface area contributed by atoms with E-state index in [1.54, 1.807) is 0 Å². The van der Waals surface area contributed by atoms with Crippen molar-refractivity contribution in [3.8, 4) is 0 Å². The van der Waals surface area contributed by atoms with Gasteiger partial charge in [0, 0.05) is 6.54 Å². The summed E-state index contributed by atoms with van der Waals surface area (Å²) in [5, 5.41) is 0. The summed E-state index contributed by atoms with van der Waals surface area (Å²) in [5.74, 6) is 0. The standard InChI is InChI=1S/C8H18FN/c1-3-6-10(7-4-2)8-5-9/h3-8H2,1-2H3. The van der Waals surface area contributed by atoms with Gasteiger partial charge in [-0.15, -0.1) is 0 Å². The zero-order valence-electron chi connectivity index (χ0n) is 7.07. The minimum atomic E-state index is -0.208. The second kappa shape index (κ2) is 7.00. The third kappa shape index (κ3) is 4.74. The van der Waals surface area contributed by atoms with Crippen molar-refractivity contribution in [1.29, 1.82) is 0 Å². The van der Waals surface area contributed by atoms with E-state index < -0.39 is 0 Å². The number of halogens is 1. The first-order valence-corrected chi connectivity index (χ1v) is 4.13. The van der Waals surface area contributed by atoms with Gasteiger partial charge in [-0.25, -0.2) is 4.39 Å². The van der Waals surface area contributed by atoms with Crippen molar-refractivity contribution in [2.45, 2.75) is 26.7 Å². The smallest absolute Gasteiger partial charge is 0.102 e. The largest absolute Gasteiger partial charge is 0.301 e. The Labute approximate surface area is 63.2 Å². The highest BCUT2D eigenvalue weighted by Crippen LogP contribution is 1.93. The maximum Gasteiger partial charge on any atom is 0.102 e. The maximum absolute atomic E-state index is 11.8. The first-order valence-electron chi connectivity index (χ1n) is 4.13. The molecule has 62 valence electrons. The molecule has 0 aliphatic carbocycles. The van der Waals surface area contributed by atoms with E-state index in [1.807, 2.05) is 0 Å². The lowest BCUT2D eigenvalue weighted by Gasteiger charge is -2.18. The second-order valence-electron chi connectivity index (χ2n) is 2.53. The highest BCUT2D eigenvalue weighted by Gasteiger charge is 1.99. The Balaban J connectivity index is 3.30. The SMILES string of the molecule is CCCN(CCC)CCF. The predicted molar refractivity (Wildman–Crippen MR) is 43.0 cm³/mol. The summed E-state index contributed by atoms with van der Waals surface area (Å²) in [6.07, 6.45) is 2.25. The summed E-state index contributed by atoms with van der Waals surface area (Å²) in [5.41, 5.74) is 0. The number of alkyl halides is 1. The Morgan fingerprint density at radius 3 is 1.80 bits per heavy atom. The van der Waals surface area contributed by atoms with Crippen LogP contribution >= 0.6 is 0 Å². The summed E-state index contributed by atoms with van der Waals surface area (Å²) in [6.45, 7) is 6.74. The van der Waals surface area contributed by atoms with Gasteiger partial charge in [-0.1, -0.05) is 13.8 Å². The first-order chi connectivity index (χ1) is 4.85. The lowest BCUT2D eigenvalue weighted by atomic mass is 10.3. The molecule has 0 N–H and O–H groups in total. The van der Waals surface area contributed by atoms with Gasteiger partial charge in [0.1, 0.15) is 6.67 Å². The lowest BCUT2D eigenvalue weighted by molar-refractivity contribution is 0.248. The number of hydrogen-bond acceptors (Lipinski definition) is 1. The molecule has 0 aliphatic heterocycles. The third-order valence-electron chi connectivity index (χ3n) is 1.48. The zero-order valence-corrected chi connectivity index (χ0v) is 7.07. The molecule has 0 bridgehead atoms. The van der Waals surface area contributed by atoms with Crippen molar-refractivity contribution in [2.75, 3.05) is 26.3 Å².